The molecule has 2 N–H and O–H groups in total. The Morgan fingerprint density at radius 2 is 1.95 bits per heavy atom. The van der Waals surface area contributed by atoms with Crippen LogP contribution in [0.3, 0.4) is 0 Å². The summed E-state index contributed by atoms with van der Waals surface area (Å²) in [5.41, 5.74) is 1.47. The average molecular weight is 293 g/mol. The van der Waals surface area contributed by atoms with Crippen molar-refractivity contribution in [2.75, 3.05) is 11.9 Å². The number of halogens is 2. The molecule has 2 aromatic rings. The summed E-state index contributed by atoms with van der Waals surface area (Å²) in [6.45, 7) is 0.474. The SMILES string of the molecule is O=C(NCCc1cccc(Cl)c1)Nc1cccc(F)c1. The Labute approximate surface area is 121 Å². The van der Waals surface area contributed by atoms with Crippen LogP contribution in [0, 0.1) is 5.82 Å². The van der Waals surface area contributed by atoms with Gasteiger partial charge in [-0.05, 0) is 42.3 Å². The summed E-state index contributed by atoms with van der Waals surface area (Å²) >= 11 is 5.87. The van der Waals surface area contributed by atoms with Crippen molar-refractivity contribution in [3.63, 3.8) is 0 Å². The lowest BCUT2D eigenvalue weighted by molar-refractivity contribution is 0.252. The minimum absolute atomic E-state index is 0.363. The highest BCUT2D eigenvalue weighted by atomic mass is 35.5. The van der Waals surface area contributed by atoms with Crippen molar-refractivity contribution in [3.8, 4) is 0 Å². The Morgan fingerprint density at radius 1 is 1.15 bits per heavy atom. The number of hydrogen-bond donors (Lipinski definition) is 2. The molecule has 2 rings (SSSR count). The maximum absolute atomic E-state index is 12.9. The molecule has 5 heteroatoms. The number of hydrogen-bond acceptors (Lipinski definition) is 1. The molecule has 3 nitrogen and oxygen atoms in total. The average Bonchev–Trinajstić information content (AvgIpc) is 2.38. The number of amides is 2. The molecule has 104 valence electrons. The van der Waals surface area contributed by atoms with Gasteiger partial charge >= 0.3 is 6.03 Å². The summed E-state index contributed by atoms with van der Waals surface area (Å²) < 4.78 is 12.9. The molecule has 0 bridgehead atoms. The van der Waals surface area contributed by atoms with Gasteiger partial charge in [0.1, 0.15) is 5.82 Å². The molecule has 0 spiro atoms. The van der Waals surface area contributed by atoms with Crippen molar-refractivity contribution in [3.05, 3.63) is 64.9 Å². The second-order valence-corrected chi connectivity index (χ2v) is 4.71. The van der Waals surface area contributed by atoms with E-state index in [1.807, 2.05) is 18.2 Å². The maximum atomic E-state index is 12.9. The van der Waals surface area contributed by atoms with E-state index in [9.17, 15) is 9.18 Å². The molecule has 20 heavy (non-hydrogen) atoms. The highest BCUT2D eigenvalue weighted by Crippen LogP contribution is 2.11. The van der Waals surface area contributed by atoms with Crippen molar-refractivity contribution in [2.24, 2.45) is 0 Å². The normalized spacial score (nSPS) is 10.1. The monoisotopic (exact) mass is 292 g/mol. The first kappa shape index (κ1) is 14.3. The number of rotatable bonds is 4. The third-order valence-corrected chi connectivity index (χ3v) is 2.91. The fourth-order valence-electron chi connectivity index (χ4n) is 1.75. The van der Waals surface area contributed by atoms with Crippen LogP contribution in [-0.2, 0) is 6.42 Å². The number of benzene rings is 2. The minimum atomic E-state index is -0.387. The molecule has 0 fully saturated rings. The molecule has 0 saturated heterocycles. The van der Waals surface area contributed by atoms with Gasteiger partial charge in [0.25, 0.3) is 0 Å². The van der Waals surface area contributed by atoms with Gasteiger partial charge in [-0.1, -0.05) is 29.8 Å². The van der Waals surface area contributed by atoms with Gasteiger partial charge in [-0.25, -0.2) is 9.18 Å². The van der Waals surface area contributed by atoms with Crippen LogP contribution in [0.4, 0.5) is 14.9 Å². The van der Waals surface area contributed by atoms with Gasteiger partial charge in [-0.3, -0.25) is 0 Å². The lowest BCUT2D eigenvalue weighted by Crippen LogP contribution is -2.30. The number of carbonyl (C=O) groups is 1. The summed E-state index contributed by atoms with van der Waals surface area (Å²) in [7, 11) is 0. The van der Waals surface area contributed by atoms with E-state index in [2.05, 4.69) is 10.6 Å². The Kier molecular flexibility index (Phi) is 4.96. The predicted molar refractivity (Wildman–Crippen MR) is 78.6 cm³/mol. The van der Waals surface area contributed by atoms with Crippen molar-refractivity contribution in [2.45, 2.75) is 6.42 Å². The first-order chi connectivity index (χ1) is 9.63. The topological polar surface area (TPSA) is 41.1 Å². The second-order valence-electron chi connectivity index (χ2n) is 4.27. The van der Waals surface area contributed by atoms with Gasteiger partial charge in [0.2, 0.25) is 0 Å². The van der Waals surface area contributed by atoms with Crippen LogP contribution in [-0.4, -0.2) is 12.6 Å². The summed E-state index contributed by atoms with van der Waals surface area (Å²) in [5, 5.41) is 5.94. The van der Waals surface area contributed by atoms with Gasteiger partial charge in [-0.2, -0.15) is 0 Å². The van der Waals surface area contributed by atoms with Crippen molar-refractivity contribution < 1.29 is 9.18 Å². The van der Waals surface area contributed by atoms with Crippen LogP contribution in [0.25, 0.3) is 0 Å². The number of anilines is 1. The smallest absolute Gasteiger partial charge is 0.319 e. The third kappa shape index (κ3) is 4.55. The van der Waals surface area contributed by atoms with Gasteiger partial charge in [0.05, 0.1) is 0 Å². The van der Waals surface area contributed by atoms with E-state index in [0.717, 1.165) is 5.56 Å². The Bertz CT molecular complexity index is 604. The zero-order valence-corrected chi connectivity index (χ0v) is 11.5. The fourth-order valence-corrected chi connectivity index (χ4v) is 1.97. The zero-order chi connectivity index (χ0) is 14.4. The largest absolute Gasteiger partial charge is 0.338 e. The van der Waals surface area contributed by atoms with E-state index < -0.39 is 0 Å². The van der Waals surface area contributed by atoms with Gasteiger partial charge < -0.3 is 10.6 Å². The molecule has 0 aliphatic rings. The van der Waals surface area contributed by atoms with E-state index in [1.165, 1.54) is 18.2 Å². The minimum Gasteiger partial charge on any atom is -0.338 e. The predicted octanol–water partition coefficient (Wildman–Crippen LogP) is 3.84. The highest BCUT2D eigenvalue weighted by Gasteiger charge is 2.02. The first-order valence-corrected chi connectivity index (χ1v) is 6.56. The summed E-state index contributed by atoms with van der Waals surface area (Å²) in [6, 6.07) is 12.8. The molecular weight excluding hydrogens is 279 g/mol. The molecule has 0 aliphatic carbocycles. The molecule has 0 heterocycles. The highest BCUT2D eigenvalue weighted by molar-refractivity contribution is 6.30. The number of carbonyl (C=O) groups excluding carboxylic acids is 1. The molecule has 0 radical (unpaired) electrons. The van der Waals surface area contributed by atoms with E-state index >= 15 is 0 Å². The van der Waals surface area contributed by atoms with Crippen molar-refractivity contribution in [1.29, 1.82) is 0 Å². The second kappa shape index (κ2) is 6.91. The Balaban J connectivity index is 1.78. The quantitative estimate of drug-likeness (QED) is 0.883. The standard InChI is InChI=1S/C15H14ClFN2O/c16-12-4-1-3-11(9-12)7-8-18-15(20)19-14-6-2-5-13(17)10-14/h1-6,9-10H,7-8H2,(H2,18,19,20). The van der Waals surface area contributed by atoms with E-state index in [-0.39, 0.29) is 11.8 Å². The van der Waals surface area contributed by atoms with Crippen LogP contribution in [0.1, 0.15) is 5.56 Å². The van der Waals surface area contributed by atoms with E-state index in [0.29, 0.717) is 23.7 Å². The van der Waals surface area contributed by atoms with Gasteiger partial charge in [-0.15, -0.1) is 0 Å². The molecule has 0 unspecified atom stereocenters. The van der Waals surface area contributed by atoms with Crippen LogP contribution in [0.15, 0.2) is 48.5 Å². The van der Waals surface area contributed by atoms with Crippen LogP contribution >= 0.6 is 11.6 Å². The van der Waals surface area contributed by atoms with Crippen LogP contribution in [0.2, 0.25) is 5.02 Å². The van der Waals surface area contributed by atoms with Gasteiger partial charge in [0, 0.05) is 17.3 Å². The van der Waals surface area contributed by atoms with Crippen LogP contribution < -0.4 is 10.6 Å². The molecule has 2 aromatic carbocycles. The molecule has 0 saturated carbocycles. The number of urea groups is 1. The molecule has 2 amide bonds. The molecule has 0 aliphatic heterocycles. The van der Waals surface area contributed by atoms with Crippen molar-refractivity contribution >= 4 is 23.3 Å². The lowest BCUT2D eigenvalue weighted by Gasteiger charge is -2.08. The summed E-state index contributed by atoms with van der Waals surface area (Å²) in [4.78, 5) is 11.6. The Hall–Kier alpha value is -2.07. The Morgan fingerprint density at radius 3 is 2.70 bits per heavy atom. The van der Waals surface area contributed by atoms with Gasteiger partial charge in [0.15, 0.2) is 0 Å². The third-order valence-electron chi connectivity index (χ3n) is 2.67. The fraction of sp³-hybridized carbons (Fsp3) is 0.133. The number of nitrogens with one attached hydrogen (secondary N) is 2. The first-order valence-electron chi connectivity index (χ1n) is 6.18. The van der Waals surface area contributed by atoms with E-state index in [1.54, 1.807) is 12.1 Å². The summed E-state index contributed by atoms with van der Waals surface area (Å²) in [5.74, 6) is -0.387. The molecular formula is C15H14ClFN2O. The maximum Gasteiger partial charge on any atom is 0.319 e. The van der Waals surface area contributed by atoms with Crippen molar-refractivity contribution in [1.82, 2.24) is 5.32 Å². The molecule has 0 aromatic heterocycles. The van der Waals surface area contributed by atoms with Crippen LogP contribution in [0.5, 0.6) is 0 Å². The van der Waals surface area contributed by atoms with E-state index in [4.69, 9.17) is 11.6 Å². The summed E-state index contributed by atoms with van der Waals surface area (Å²) in [6.07, 6.45) is 0.678. The zero-order valence-electron chi connectivity index (χ0n) is 10.7. The lowest BCUT2D eigenvalue weighted by atomic mass is 10.1. The molecule has 0 atom stereocenters.